The first-order chi connectivity index (χ1) is 8.06. The molecule has 0 aliphatic carbocycles. The molecule has 0 aliphatic heterocycles. The van der Waals surface area contributed by atoms with Gasteiger partial charge >= 0.3 is 5.82 Å². The molecule has 17 heavy (non-hydrogen) atoms. The Bertz CT molecular complexity index is 367. The number of nitrogens with zero attached hydrogens (tertiary/aromatic N) is 2. The summed E-state index contributed by atoms with van der Waals surface area (Å²) in [5, 5.41) is 31.8. The number of hydrogen-bond donors (Lipinski definition) is 3. The molecule has 0 unspecified atom stereocenters. The Hall–Kier alpha value is -1.73. The highest BCUT2D eigenvalue weighted by molar-refractivity contribution is 5.46. The van der Waals surface area contributed by atoms with E-state index in [4.69, 9.17) is 0 Å². The van der Waals surface area contributed by atoms with Crippen LogP contribution in [0.15, 0.2) is 18.3 Å². The van der Waals surface area contributed by atoms with Crippen molar-refractivity contribution in [1.82, 2.24) is 4.98 Å². The summed E-state index contributed by atoms with van der Waals surface area (Å²) >= 11 is 0. The zero-order valence-corrected chi connectivity index (χ0v) is 9.46. The van der Waals surface area contributed by atoms with Crippen molar-refractivity contribution in [2.45, 2.75) is 18.9 Å². The largest absolute Gasteiger partial charge is 0.394 e. The molecule has 0 saturated carbocycles. The lowest BCUT2D eigenvalue weighted by molar-refractivity contribution is -0.389. The van der Waals surface area contributed by atoms with Crippen LogP contribution < -0.4 is 5.32 Å². The van der Waals surface area contributed by atoms with Crippen LogP contribution in [-0.4, -0.2) is 38.9 Å². The molecule has 7 heteroatoms. The van der Waals surface area contributed by atoms with Crippen LogP contribution in [0.2, 0.25) is 0 Å². The number of anilines is 1. The predicted octanol–water partition coefficient (Wildman–Crippen LogP) is 0.535. The van der Waals surface area contributed by atoms with Crippen molar-refractivity contribution < 1.29 is 15.1 Å². The molecule has 0 aromatic carbocycles. The first kappa shape index (κ1) is 13.3. The molecular formula is C10H15N3O4. The number of aliphatic hydroxyl groups is 2. The monoisotopic (exact) mass is 241 g/mol. The van der Waals surface area contributed by atoms with Crippen molar-refractivity contribution in [3.05, 3.63) is 28.4 Å². The molecule has 0 spiro atoms. The Morgan fingerprint density at radius 1 is 1.47 bits per heavy atom. The van der Waals surface area contributed by atoms with Crippen molar-refractivity contribution in [2.24, 2.45) is 0 Å². The molecule has 94 valence electrons. The number of hydrogen-bond acceptors (Lipinski definition) is 6. The molecule has 0 aliphatic rings. The van der Waals surface area contributed by atoms with E-state index in [-0.39, 0.29) is 19.0 Å². The van der Waals surface area contributed by atoms with Gasteiger partial charge in [0.1, 0.15) is 0 Å². The van der Waals surface area contributed by atoms with Crippen molar-refractivity contribution in [2.75, 3.05) is 18.5 Å². The van der Waals surface area contributed by atoms with Crippen LogP contribution in [0, 0.1) is 10.1 Å². The van der Waals surface area contributed by atoms with Gasteiger partial charge < -0.3 is 25.6 Å². The van der Waals surface area contributed by atoms with Crippen LogP contribution in [0.4, 0.5) is 11.5 Å². The molecule has 0 bridgehead atoms. The lowest BCUT2D eigenvalue weighted by Gasteiger charge is -2.30. The molecule has 1 aromatic heterocycles. The summed E-state index contributed by atoms with van der Waals surface area (Å²) in [7, 11) is 0. The first-order valence-electron chi connectivity index (χ1n) is 5.17. The fraction of sp³-hybridized carbons (Fsp3) is 0.500. The number of rotatable bonds is 6. The number of aromatic nitrogens is 1. The molecule has 0 fully saturated rings. The molecule has 1 heterocycles. The lowest BCUT2D eigenvalue weighted by atomic mass is 9.98. The van der Waals surface area contributed by atoms with Gasteiger partial charge in [-0.3, -0.25) is 0 Å². The van der Waals surface area contributed by atoms with Gasteiger partial charge in [0.2, 0.25) is 0 Å². The van der Waals surface area contributed by atoms with Gasteiger partial charge in [-0.25, -0.2) is 0 Å². The van der Waals surface area contributed by atoms with Crippen molar-refractivity contribution in [1.29, 1.82) is 0 Å². The van der Waals surface area contributed by atoms with Crippen LogP contribution in [0.3, 0.4) is 0 Å². The first-order valence-corrected chi connectivity index (χ1v) is 5.17. The van der Waals surface area contributed by atoms with Gasteiger partial charge in [0.15, 0.2) is 6.20 Å². The Labute approximate surface area is 98.3 Å². The molecule has 3 N–H and O–H groups in total. The average molecular weight is 241 g/mol. The van der Waals surface area contributed by atoms with E-state index >= 15 is 0 Å². The highest BCUT2D eigenvalue weighted by atomic mass is 16.6. The van der Waals surface area contributed by atoms with E-state index in [1.165, 1.54) is 18.3 Å². The van der Waals surface area contributed by atoms with Gasteiger partial charge in [0.05, 0.1) is 24.4 Å². The summed E-state index contributed by atoms with van der Waals surface area (Å²) in [5.41, 5.74) is -0.321. The van der Waals surface area contributed by atoms with Crippen LogP contribution in [0.5, 0.6) is 0 Å². The Morgan fingerprint density at radius 3 is 2.47 bits per heavy atom. The third kappa shape index (κ3) is 3.11. The molecule has 7 nitrogen and oxygen atoms in total. The minimum atomic E-state index is -0.836. The fourth-order valence-corrected chi connectivity index (χ4v) is 1.32. The SMILES string of the molecule is CCC(CO)(CO)Nc1ccc([N+](=O)[O-])nc1. The number of nitrogens with one attached hydrogen (secondary N) is 1. The summed E-state index contributed by atoms with van der Waals surface area (Å²) in [5.74, 6) is -0.245. The van der Waals surface area contributed by atoms with E-state index in [1.807, 2.05) is 6.92 Å². The Kier molecular flexibility index (Phi) is 4.36. The van der Waals surface area contributed by atoms with Gasteiger partial charge in [-0.1, -0.05) is 6.92 Å². The van der Waals surface area contributed by atoms with Crippen LogP contribution in [0.1, 0.15) is 13.3 Å². The van der Waals surface area contributed by atoms with Gasteiger partial charge in [0, 0.05) is 6.07 Å². The second-order valence-corrected chi connectivity index (χ2v) is 3.74. The summed E-state index contributed by atoms with van der Waals surface area (Å²) in [6, 6.07) is 2.75. The second kappa shape index (κ2) is 5.55. The lowest BCUT2D eigenvalue weighted by Crippen LogP contribution is -2.45. The predicted molar refractivity (Wildman–Crippen MR) is 61.7 cm³/mol. The molecule has 0 radical (unpaired) electrons. The van der Waals surface area contributed by atoms with Gasteiger partial charge in [0.25, 0.3) is 0 Å². The zero-order valence-electron chi connectivity index (χ0n) is 9.46. The molecule has 1 aromatic rings. The minimum Gasteiger partial charge on any atom is -0.394 e. The van der Waals surface area contributed by atoms with E-state index in [9.17, 15) is 20.3 Å². The topological polar surface area (TPSA) is 109 Å². The summed E-state index contributed by atoms with van der Waals surface area (Å²) < 4.78 is 0. The number of aliphatic hydroxyl groups excluding tert-OH is 2. The van der Waals surface area contributed by atoms with Gasteiger partial charge in [-0.05, 0) is 22.4 Å². The third-order valence-corrected chi connectivity index (χ3v) is 2.63. The highest BCUT2D eigenvalue weighted by Gasteiger charge is 2.26. The van der Waals surface area contributed by atoms with E-state index < -0.39 is 10.5 Å². The van der Waals surface area contributed by atoms with E-state index in [1.54, 1.807) is 0 Å². The molecule has 1 rings (SSSR count). The second-order valence-electron chi connectivity index (χ2n) is 3.74. The number of pyridine rings is 1. The molecule has 0 saturated heterocycles. The normalized spacial score (nSPS) is 11.2. The van der Waals surface area contributed by atoms with Crippen LogP contribution in [-0.2, 0) is 0 Å². The fourth-order valence-electron chi connectivity index (χ4n) is 1.32. The van der Waals surface area contributed by atoms with Crippen molar-refractivity contribution >= 4 is 11.5 Å². The third-order valence-electron chi connectivity index (χ3n) is 2.63. The smallest absolute Gasteiger partial charge is 0.363 e. The number of nitro groups is 1. The standard InChI is InChI=1S/C10H15N3O4/c1-2-10(6-14,7-15)12-8-3-4-9(11-5-8)13(16)17/h3-5,12,14-15H,2,6-7H2,1H3. The van der Waals surface area contributed by atoms with Crippen LogP contribution >= 0.6 is 0 Å². The van der Waals surface area contributed by atoms with Crippen molar-refractivity contribution in [3.8, 4) is 0 Å². The molecule has 0 atom stereocenters. The molecule has 0 amide bonds. The Morgan fingerprint density at radius 2 is 2.12 bits per heavy atom. The van der Waals surface area contributed by atoms with Gasteiger partial charge in [-0.2, -0.15) is 0 Å². The maximum absolute atomic E-state index is 10.4. The van der Waals surface area contributed by atoms with E-state index in [0.717, 1.165) is 0 Å². The molecular weight excluding hydrogens is 226 g/mol. The van der Waals surface area contributed by atoms with E-state index in [0.29, 0.717) is 12.1 Å². The van der Waals surface area contributed by atoms with Crippen molar-refractivity contribution in [3.63, 3.8) is 0 Å². The Balaban J connectivity index is 2.84. The maximum Gasteiger partial charge on any atom is 0.363 e. The quantitative estimate of drug-likeness (QED) is 0.495. The zero-order chi connectivity index (χ0) is 12.9. The van der Waals surface area contributed by atoms with E-state index in [2.05, 4.69) is 10.3 Å². The highest BCUT2D eigenvalue weighted by Crippen LogP contribution is 2.19. The summed E-state index contributed by atoms with van der Waals surface area (Å²) in [4.78, 5) is 13.5. The summed E-state index contributed by atoms with van der Waals surface area (Å²) in [6.07, 6.45) is 1.81. The average Bonchev–Trinajstić information content (AvgIpc) is 2.37. The van der Waals surface area contributed by atoms with Crippen LogP contribution in [0.25, 0.3) is 0 Å². The van der Waals surface area contributed by atoms with Gasteiger partial charge in [-0.15, -0.1) is 0 Å². The minimum absolute atomic E-state index is 0.239. The maximum atomic E-state index is 10.4. The summed E-state index contributed by atoms with van der Waals surface area (Å²) in [6.45, 7) is 1.34.